The van der Waals surface area contributed by atoms with Crippen LogP contribution < -0.4 is 20.7 Å². The first-order valence-corrected chi connectivity index (χ1v) is 22.4. The average Bonchev–Trinajstić information content (AvgIpc) is 1.68. The Balaban J connectivity index is 1.17. The van der Waals surface area contributed by atoms with Gasteiger partial charge in [0.15, 0.2) is 8.07 Å². The van der Waals surface area contributed by atoms with Crippen LogP contribution in [-0.2, 0) is 0 Å². The van der Waals surface area contributed by atoms with Crippen LogP contribution in [-0.4, -0.2) is 17.2 Å². The summed E-state index contributed by atoms with van der Waals surface area (Å²) in [7, 11) is -6.65. The highest BCUT2D eigenvalue weighted by Gasteiger charge is 2.41. The zero-order valence-electron chi connectivity index (χ0n) is 76.7. The zero-order valence-corrected chi connectivity index (χ0v) is 35.7. The summed E-state index contributed by atoms with van der Waals surface area (Å²) < 4.78 is 392. The molecule has 324 valence electrons. The third kappa shape index (κ3) is 6.78. The third-order valence-electron chi connectivity index (χ3n) is 11.2. The van der Waals surface area contributed by atoms with Gasteiger partial charge in [-0.3, -0.25) is 0 Å². The first kappa shape index (κ1) is 16.2. The van der Waals surface area contributed by atoms with Gasteiger partial charge >= 0.3 is 0 Å². The summed E-state index contributed by atoms with van der Waals surface area (Å²) in [6.07, 6.45) is 0. The Bertz CT molecular complexity index is 6260. The van der Waals surface area contributed by atoms with Crippen molar-refractivity contribution in [2.45, 2.75) is 0 Å². The van der Waals surface area contributed by atoms with Gasteiger partial charge in [0.05, 0.1) is 79.6 Å². The smallest absolute Gasteiger partial charge is 0.179 e. The van der Waals surface area contributed by atoms with Gasteiger partial charge in [0.2, 0.25) is 0 Å². The second-order valence-corrected chi connectivity index (χ2v) is 18.3. The molecule has 0 amide bonds. The van der Waals surface area contributed by atoms with Crippen LogP contribution in [0.1, 0.15) is 57.6 Å². The Hall–Kier alpha value is -8.76. The summed E-state index contributed by atoms with van der Waals surface area (Å²) in [4.78, 5) is 0. The average molecular weight is 937 g/mol. The van der Waals surface area contributed by atoms with Gasteiger partial charge in [-0.15, -0.1) is 0 Å². The van der Waals surface area contributed by atoms with Crippen LogP contribution in [0.3, 0.4) is 0 Å². The largest absolute Gasteiger partial charge is 0.309 e. The molecule has 3 heteroatoms. The quantitative estimate of drug-likeness (QED) is 0.101. The molecule has 0 atom stereocenters. The van der Waals surface area contributed by atoms with Gasteiger partial charge < -0.3 is 9.13 Å². The molecule has 69 heavy (non-hydrogen) atoms. The van der Waals surface area contributed by atoms with Gasteiger partial charge in [-0.2, -0.15) is 0 Å². The van der Waals surface area contributed by atoms with E-state index >= 15 is 0 Å². The van der Waals surface area contributed by atoms with E-state index in [1.807, 2.05) is 0 Å². The molecule has 0 N–H and O–H groups in total. The molecule has 11 aromatic carbocycles. The van der Waals surface area contributed by atoms with Crippen LogP contribution in [0, 0.1) is 0 Å². The normalized spacial score (nSPS) is 20.3. The Morgan fingerprint density at radius 3 is 1.16 bits per heavy atom. The van der Waals surface area contributed by atoms with Crippen molar-refractivity contribution in [2.75, 3.05) is 0 Å². The van der Waals surface area contributed by atoms with Crippen LogP contribution in [0.4, 0.5) is 0 Å². The zero-order chi connectivity index (χ0) is 82.3. The number of para-hydroxylation sites is 2. The van der Waals surface area contributed by atoms with E-state index < -0.39 is 354 Å². The first-order valence-electron chi connectivity index (χ1n) is 41.4. The van der Waals surface area contributed by atoms with Crippen molar-refractivity contribution in [1.82, 2.24) is 9.13 Å². The molecule has 0 fully saturated rings. The van der Waals surface area contributed by atoms with Crippen molar-refractivity contribution in [1.29, 1.82) is 0 Å². The van der Waals surface area contributed by atoms with Crippen molar-refractivity contribution in [3.8, 4) is 44.8 Å². The molecule has 0 radical (unpaired) electrons. The van der Waals surface area contributed by atoms with Gasteiger partial charge in [0, 0.05) is 32.9 Å². The molecule has 2 heterocycles. The number of hydrogen-bond donors (Lipinski definition) is 0. The summed E-state index contributed by atoms with van der Waals surface area (Å²) in [5.41, 5.74) is -8.45. The number of benzene rings is 11. The van der Waals surface area contributed by atoms with E-state index in [0.29, 0.717) is 4.57 Å². The fourth-order valence-corrected chi connectivity index (χ4v) is 11.8. The van der Waals surface area contributed by atoms with Crippen LogP contribution in [0.25, 0.3) is 88.4 Å². The van der Waals surface area contributed by atoms with E-state index in [1.165, 1.54) is 24.3 Å². The minimum absolute atomic E-state index is 0.0523. The van der Waals surface area contributed by atoms with Crippen LogP contribution >= 0.6 is 0 Å². The van der Waals surface area contributed by atoms with Crippen molar-refractivity contribution >= 4 is 72.4 Å². The minimum atomic E-state index is -6.65. The lowest BCUT2D eigenvalue weighted by Gasteiger charge is -2.34. The topological polar surface area (TPSA) is 9.86 Å². The van der Waals surface area contributed by atoms with E-state index in [4.69, 9.17) is 24.7 Å². The summed E-state index contributed by atoms with van der Waals surface area (Å²) in [5, 5.41) is -8.03. The molecule has 2 nitrogen and oxygen atoms in total. The molecule has 0 aliphatic carbocycles. The highest BCUT2D eigenvalue weighted by molar-refractivity contribution is 7.19. The van der Waals surface area contributed by atoms with Crippen LogP contribution in [0.15, 0.2) is 278 Å². The lowest BCUT2D eigenvalue weighted by atomic mass is 9.97. The van der Waals surface area contributed by atoms with E-state index in [0.717, 1.165) is 4.57 Å². The second-order valence-electron chi connectivity index (χ2n) is 14.8. The molecule has 0 aliphatic heterocycles. The highest BCUT2D eigenvalue weighted by atomic mass is 28.3. The molecule has 0 saturated carbocycles. The van der Waals surface area contributed by atoms with E-state index in [2.05, 4.69) is 0 Å². The number of hydrogen-bond acceptors (Lipinski definition) is 0. The van der Waals surface area contributed by atoms with Crippen molar-refractivity contribution in [2.24, 2.45) is 0 Å². The van der Waals surface area contributed by atoms with Gasteiger partial charge in [-0.05, 0) is 121 Å². The Morgan fingerprint density at radius 2 is 0.638 bits per heavy atom. The lowest BCUT2D eigenvalue weighted by molar-refractivity contribution is 1.18. The molecule has 0 spiro atoms. The molecule has 13 rings (SSSR count). The summed E-state index contributed by atoms with van der Waals surface area (Å²) in [6.45, 7) is 0. The SMILES string of the molecule is [2H]c1c([2H])c([2H])c(-c2ccc(-n3c4c([2H])c([2H])c([2H])c([2H])c4c4c([2H])c(-c5c([2H])c([2H])c([2H])c(-c6c([2H])c([2H])c7c(c6[2H])c6c([2H])c([2H])c([2H])c([2H])c6n7-c6c([2H])c([2H])c([2H])c([Si](c7c([2H])c([2H])c([2H])c([2H])c7[2H])(c7c([2H])c([2H])c([2H])c([2H])c7[2H])c7c([2H])c([2H])c([2H])c([2H])c7[2H])c6[2H])c5[2H])c([2H])c([2H])c43)cc2)c([2H])c1[2H]. The molecular weight excluding hydrogens is 849 g/mol. The minimum Gasteiger partial charge on any atom is -0.309 e. The molecule has 13 aromatic rings. The number of fused-ring (bicyclic) bond motifs is 6. The van der Waals surface area contributed by atoms with Gasteiger partial charge in [-0.25, -0.2) is 0 Å². The van der Waals surface area contributed by atoms with Crippen molar-refractivity contribution in [3.63, 3.8) is 0 Å². The maximum atomic E-state index is 10.6. The van der Waals surface area contributed by atoms with Crippen molar-refractivity contribution < 1.29 is 57.6 Å². The fourth-order valence-electron chi connectivity index (χ4n) is 8.22. The maximum Gasteiger partial charge on any atom is 0.179 e. The van der Waals surface area contributed by atoms with E-state index in [-0.39, 0.29) is 16.8 Å². The highest BCUT2D eigenvalue weighted by Crippen LogP contribution is 2.38. The fraction of sp³-hybridized carbons (Fsp3) is 0. The van der Waals surface area contributed by atoms with Gasteiger partial charge in [0.25, 0.3) is 0 Å². The van der Waals surface area contributed by atoms with Gasteiger partial charge in [-0.1, -0.05) is 212 Å². The van der Waals surface area contributed by atoms with Crippen molar-refractivity contribution in [3.05, 3.63) is 278 Å². The molecule has 0 saturated heterocycles. The summed E-state index contributed by atoms with van der Waals surface area (Å²) in [5.74, 6) is 0. The van der Waals surface area contributed by atoms with E-state index in [9.17, 15) is 32.9 Å². The van der Waals surface area contributed by atoms with Crippen LogP contribution in [0.5, 0.6) is 0 Å². The van der Waals surface area contributed by atoms with Gasteiger partial charge in [0.1, 0.15) is 0 Å². The Morgan fingerprint density at radius 1 is 0.246 bits per heavy atom. The number of nitrogens with zero attached hydrogens (tertiary/aromatic N) is 2. The Labute approximate surface area is 462 Å². The molecule has 0 unspecified atom stereocenters. The lowest BCUT2D eigenvalue weighted by Crippen LogP contribution is -2.74. The monoisotopic (exact) mass is 937 g/mol. The molecule has 0 aliphatic rings. The number of rotatable bonds is 9. The molecule has 2 aromatic heterocycles. The van der Waals surface area contributed by atoms with E-state index in [1.54, 1.807) is 0 Å². The number of aromatic nitrogens is 2. The predicted octanol–water partition coefficient (Wildman–Crippen LogP) is 14.3. The first-order chi connectivity index (χ1) is 51.7. The molecule has 0 bridgehead atoms. The second kappa shape index (κ2) is 16.8. The summed E-state index contributed by atoms with van der Waals surface area (Å²) in [6, 6.07) is -42.9. The summed E-state index contributed by atoms with van der Waals surface area (Å²) >= 11 is 0. The third-order valence-corrected chi connectivity index (χ3v) is 15.2. The maximum absolute atomic E-state index is 10.6. The predicted molar refractivity (Wildman–Crippen MR) is 295 cm³/mol. The van der Waals surface area contributed by atoms with Crippen LogP contribution in [0.2, 0.25) is 0 Å². The molecular formula is C66H46N2Si. The standard InChI is InChI=1S/C66H46N2Si/c1-5-19-47(20-6-1)48-35-39-53(40-36-48)67-63-33-15-13-31-59(63)61-44-51(37-41-65(61)67)49-21-17-22-50(43-49)52-38-42-66-62(45-52)60-32-14-16-34-64(60)68(66)54-23-18-30-58(46-54)69(55-24-7-2-8-25-55,56-26-9-3-10-27-56)57-28-11-4-12-29-57/h1-46H/i1D,2D,3D,4D,5D,6D,7D,8D,9D,10D,11D,12D,13D,14D,15D,16D,17D,18D,19D,20D,21D,22D,23D,24D,25D,26D,27D,28D,29D,30D,31D,32D,33D,34D,37D,38D,41D,42D,43D,44D,45D,46D. The Kier molecular flexibility index (Phi) is 3.95.